The Bertz CT molecular complexity index is 737. The minimum Gasteiger partial charge on any atom is -0.493 e. The molecule has 0 saturated heterocycles. The molecule has 0 saturated carbocycles. The number of carbonyl (C=O) groups is 1. The van der Waals surface area contributed by atoms with Crippen molar-refractivity contribution in [2.75, 3.05) is 6.61 Å². The topological polar surface area (TPSA) is 50.4 Å². The van der Waals surface area contributed by atoms with E-state index >= 15 is 0 Å². The number of halogens is 1. The first kappa shape index (κ1) is 19.4. The Balaban J connectivity index is 2.07. The summed E-state index contributed by atoms with van der Waals surface area (Å²) < 4.78 is 6.32. The fourth-order valence-electron chi connectivity index (χ4n) is 2.43. The first-order valence-electron chi connectivity index (χ1n) is 8.14. The van der Waals surface area contributed by atoms with Gasteiger partial charge in [-0.3, -0.25) is 10.1 Å². The highest BCUT2D eigenvalue weighted by atomic mass is 79.9. The van der Waals surface area contributed by atoms with E-state index < -0.39 is 0 Å². The Hall–Kier alpha value is -1.92. The first-order chi connectivity index (χ1) is 12.0. The molecule has 2 rings (SSSR count). The van der Waals surface area contributed by atoms with Gasteiger partial charge in [0.1, 0.15) is 5.75 Å². The summed E-state index contributed by atoms with van der Waals surface area (Å²) in [5, 5.41) is 6.23. The van der Waals surface area contributed by atoms with Crippen molar-refractivity contribution in [1.82, 2.24) is 10.6 Å². The van der Waals surface area contributed by atoms with Crippen LogP contribution in [0.1, 0.15) is 42.2 Å². The molecule has 2 N–H and O–H groups in total. The van der Waals surface area contributed by atoms with Gasteiger partial charge < -0.3 is 10.1 Å². The van der Waals surface area contributed by atoms with Crippen LogP contribution < -0.4 is 15.4 Å². The van der Waals surface area contributed by atoms with Crippen molar-refractivity contribution < 1.29 is 9.53 Å². The Morgan fingerprint density at radius 1 is 1.20 bits per heavy atom. The molecule has 0 bridgehead atoms. The summed E-state index contributed by atoms with van der Waals surface area (Å²) in [6.07, 6.45) is 0.848. The second-order valence-corrected chi connectivity index (χ2v) is 6.70. The summed E-state index contributed by atoms with van der Waals surface area (Å²) in [4.78, 5) is 12.6. The lowest BCUT2D eigenvalue weighted by atomic mass is 10.1. The summed E-state index contributed by atoms with van der Waals surface area (Å²) in [6.45, 7) is 4.43. The third-order valence-corrected chi connectivity index (χ3v) is 4.34. The molecule has 0 spiro atoms. The molecule has 132 valence electrons. The van der Waals surface area contributed by atoms with Crippen molar-refractivity contribution in [3.05, 3.63) is 64.1 Å². The van der Waals surface area contributed by atoms with E-state index in [1.807, 2.05) is 43.3 Å². The van der Waals surface area contributed by atoms with Gasteiger partial charge >= 0.3 is 0 Å². The van der Waals surface area contributed by atoms with Gasteiger partial charge in [0.2, 0.25) is 0 Å². The Labute approximate surface area is 162 Å². The molecular formula is C19H21BrN2O2S. The van der Waals surface area contributed by atoms with Crippen LogP contribution in [0.4, 0.5) is 0 Å². The summed E-state index contributed by atoms with van der Waals surface area (Å²) >= 11 is 8.70. The molecule has 0 radical (unpaired) electrons. The van der Waals surface area contributed by atoms with Gasteiger partial charge in [0.05, 0.1) is 18.2 Å². The molecule has 0 aliphatic carbocycles. The lowest BCUT2D eigenvalue weighted by Gasteiger charge is -2.20. The number of nitrogens with one attached hydrogen (secondary N) is 2. The molecule has 0 aliphatic rings. The van der Waals surface area contributed by atoms with Crippen molar-refractivity contribution in [1.29, 1.82) is 0 Å². The van der Waals surface area contributed by atoms with Gasteiger partial charge in [-0.05, 0) is 49.3 Å². The first-order valence-corrected chi connectivity index (χ1v) is 9.34. The van der Waals surface area contributed by atoms with Crippen LogP contribution in [-0.4, -0.2) is 17.6 Å². The van der Waals surface area contributed by atoms with E-state index in [1.54, 1.807) is 12.1 Å². The van der Waals surface area contributed by atoms with Crippen LogP contribution in [0.5, 0.6) is 5.75 Å². The third kappa shape index (κ3) is 5.54. The fraction of sp³-hybridized carbons (Fsp3) is 0.263. The molecule has 25 heavy (non-hydrogen) atoms. The minimum absolute atomic E-state index is 0.0443. The van der Waals surface area contributed by atoms with Crippen molar-refractivity contribution >= 4 is 39.2 Å². The molecular weight excluding hydrogens is 400 g/mol. The molecule has 0 heterocycles. The quantitative estimate of drug-likeness (QED) is 0.670. The normalized spacial score (nSPS) is 11.5. The number of carbonyl (C=O) groups excluding carboxylic acids is 1. The Morgan fingerprint density at radius 3 is 2.56 bits per heavy atom. The second-order valence-electron chi connectivity index (χ2n) is 5.37. The summed E-state index contributed by atoms with van der Waals surface area (Å²) in [7, 11) is 0. The number of amides is 1. The van der Waals surface area contributed by atoms with Gasteiger partial charge in [-0.2, -0.15) is 0 Å². The third-order valence-electron chi connectivity index (χ3n) is 3.63. The number of thiocarbonyl (C=S) groups is 1. The van der Waals surface area contributed by atoms with Crippen LogP contribution in [0, 0.1) is 0 Å². The molecule has 6 heteroatoms. The minimum atomic E-state index is -0.301. The molecule has 0 fully saturated rings. The Morgan fingerprint density at radius 2 is 1.92 bits per heavy atom. The molecule has 1 atom stereocenters. The van der Waals surface area contributed by atoms with Crippen molar-refractivity contribution in [2.45, 2.75) is 26.3 Å². The largest absolute Gasteiger partial charge is 0.493 e. The molecule has 2 aromatic rings. The molecule has 0 aliphatic heterocycles. The molecule has 1 unspecified atom stereocenters. The van der Waals surface area contributed by atoms with Gasteiger partial charge in [0.25, 0.3) is 5.91 Å². The smallest absolute Gasteiger partial charge is 0.261 e. The van der Waals surface area contributed by atoms with Gasteiger partial charge in [-0.25, -0.2) is 0 Å². The zero-order valence-corrected chi connectivity index (χ0v) is 16.6. The van der Waals surface area contributed by atoms with Crippen molar-refractivity contribution in [3.8, 4) is 5.75 Å². The summed E-state index contributed by atoms with van der Waals surface area (Å²) in [5.74, 6) is 0.228. The highest BCUT2D eigenvalue weighted by molar-refractivity contribution is 9.10. The number of rotatable bonds is 6. The maximum absolute atomic E-state index is 12.6. The van der Waals surface area contributed by atoms with Gasteiger partial charge in [-0.1, -0.05) is 53.2 Å². The predicted molar refractivity (Wildman–Crippen MR) is 108 cm³/mol. The fourth-order valence-corrected chi connectivity index (χ4v) is 3.03. The average molecular weight is 421 g/mol. The van der Waals surface area contributed by atoms with E-state index in [-0.39, 0.29) is 11.9 Å². The van der Waals surface area contributed by atoms with E-state index in [0.717, 1.165) is 16.5 Å². The maximum Gasteiger partial charge on any atom is 0.261 e. The number of hydrogen-bond donors (Lipinski definition) is 2. The molecule has 4 nitrogen and oxygen atoms in total. The monoisotopic (exact) mass is 420 g/mol. The SMILES string of the molecule is CCOc1ccc(Br)cc1C(=O)NC(=S)NC(CC)c1ccccc1. The molecule has 2 aromatic carbocycles. The van der Waals surface area contributed by atoms with Crippen LogP contribution in [0.2, 0.25) is 0 Å². The number of hydrogen-bond acceptors (Lipinski definition) is 3. The zero-order valence-electron chi connectivity index (χ0n) is 14.2. The van der Waals surface area contributed by atoms with E-state index in [9.17, 15) is 4.79 Å². The second kappa shape index (κ2) is 9.53. The number of ether oxygens (including phenoxy) is 1. The standard InChI is InChI=1S/C19H21BrN2O2S/c1-3-16(13-8-6-5-7-9-13)21-19(25)22-18(23)15-12-14(20)10-11-17(15)24-4-2/h5-12,16H,3-4H2,1-2H3,(H2,21,22,23,25). The van der Waals surface area contributed by atoms with E-state index in [1.165, 1.54) is 0 Å². The highest BCUT2D eigenvalue weighted by Gasteiger charge is 2.16. The lowest BCUT2D eigenvalue weighted by molar-refractivity contribution is 0.0972. The highest BCUT2D eigenvalue weighted by Crippen LogP contribution is 2.23. The lowest BCUT2D eigenvalue weighted by Crippen LogP contribution is -2.41. The van der Waals surface area contributed by atoms with Gasteiger partial charge in [-0.15, -0.1) is 0 Å². The molecule has 1 amide bonds. The molecule has 0 aromatic heterocycles. The van der Waals surface area contributed by atoms with Gasteiger partial charge in [0, 0.05) is 4.47 Å². The van der Waals surface area contributed by atoms with Crippen molar-refractivity contribution in [2.24, 2.45) is 0 Å². The van der Waals surface area contributed by atoms with Crippen LogP contribution >= 0.6 is 28.1 Å². The number of benzene rings is 2. The Kier molecular flexibility index (Phi) is 7.40. The van der Waals surface area contributed by atoms with Crippen LogP contribution in [-0.2, 0) is 0 Å². The van der Waals surface area contributed by atoms with Crippen molar-refractivity contribution in [3.63, 3.8) is 0 Å². The summed E-state index contributed by atoms with van der Waals surface area (Å²) in [5.41, 5.74) is 1.56. The van der Waals surface area contributed by atoms with Crippen LogP contribution in [0.25, 0.3) is 0 Å². The van der Waals surface area contributed by atoms with E-state index in [2.05, 4.69) is 33.5 Å². The van der Waals surface area contributed by atoms with Gasteiger partial charge in [0.15, 0.2) is 5.11 Å². The average Bonchev–Trinajstić information content (AvgIpc) is 2.62. The predicted octanol–water partition coefficient (Wildman–Crippen LogP) is 4.60. The zero-order chi connectivity index (χ0) is 18.2. The summed E-state index contributed by atoms with van der Waals surface area (Å²) in [6, 6.07) is 15.4. The van der Waals surface area contributed by atoms with E-state index in [4.69, 9.17) is 17.0 Å². The maximum atomic E-state index is 12.6. The van der Waals surface area contributed by atoms with Crippen LogP contribution in [0.15, 0.2) is 53.0 Å². The van der Waals surface area contributed by atoms with Crippen LogP contribution in [0.3, 0.4) is 0 Å². The van der Waals surface area contributed by atoms with E-state index in [0.29, 0.717) is 23.0 Å².